The first-order valence-electron chi connectivity index (χ1n) is 5.55. The average molecular weight is 317 g/mol. The Morgan fingerprint density at radius 2 is 2.11 bits per heavy atom. The highest BCUT2D eigenvalue weighted by Crippen LogP contribution is 2.23. The summed E-state index contributed by atoms with van der Waals surface area (Å²) in [5.74, 6) is 0. The molecule has 0 saturated carbocycles. The van der Waals surface area contributed by atoms with Crippen LogP contribution < -0.4 is 10.5 Å². The number of hydrogen-bond donors (Lipinski definition) is 2. The number of sulfonamides is 1. The Labute approximate surface area is 121 Å². The van der Waals surface area contributed by atoms with Crippen LogP contribution in [0.25, 0.3) is 0 Å². The van der Waals surface area contributed by atoms with Crippen molar-refractivity contribution in [3.8, 4) is 0 Å². The number of halogens is 1. The van der Waals surface area contributed by atoms with Crippen molar-refractivity contribution < 1.29 is 8.42 Å². The van der Waals surface area contributed by atoms with Gasteiger partial charge in [-0.3, -0.25) is 0 Å². The minimum absolute atomic E-state index is 0.0497. The van der Waals surface area contributed by atoms with E-state index < -0.39 is 10.0 Å². The summed E-state index contributed by atoms with van der Waals surface area (Å²) in [7, 11) is -3.60. The van der Waals surface area contributed by atoms with Crippen molar-refractivity contribution in [3.63, 3.8) is 0 Å². The molecular weight excluding hydrogens is 304 g/mol. The third-order valence-corrected chi connectivity index (χ3v) is 5.21. The molecule has 0 bridgehead atoms. The van der Waals surface area contributed by atoms with Crippen LogP contribution in [0.5, 0.6) is 0 Å². The van der Waals surface area contributed by atoms with Crippen molar-refractivity contribution in [1.82, 2.24) is 4.72 Å². The maximum Gasteiger partial charge on any atom is 0.242 e. The molecule has 2 rings (SSSR count). The Morgan fingerprint density at radius 1 is 1.32 bits per heavy atom. The lowest BCUT2D eigenvalue weighted by Crippen LogP contribution is -2.26. The monoisotopic (exact) mass is 316 g/mol. The molecule has 4 nitrogen and oxygen atoms in total. The van der Waals surface area contributed by atoms with Gasteiger partial charge in [0.05, 0.1) is 5.02 Å². The number of thiophene rings is 1. The molecule has 7 heteroatoms. The second kappa shape index (κ2) is 5.92. The van der Waals surface area contributed by atoms with E-state index in [0.29, 0.717) is 18.7 Å². The van der Waals surface area contributed by atoms with Gasteiger partial charge in [-0.25, -0.2) is 13.1 Å². The van der Waals surface area contributed by atoms with E-state index in [-0.39, 0.29) is 9.92 Å². The molecule has 0 fully saturated rings. The molecule has 0 aliphatic rings. The fourth-order valence-electron chi connectivity index (χ4n) is 1.58. The molecule has 1 aromatic carbocycles. The van der Waals surface area contributed by atoms with Gasteiger partial charge in [0, 0.05) is 12.2 Å². The first-order valence-corrected chi connectivity index (χ1v) is 8.35. The van der Waals surface area contributed by atoms with Gasteiger partial charge in [-0.15, -0.1) is 0 Å². The predicted molar refractivity (Wildman–Crippen MR) is 79.1 cm³/mol. The zero-order chi connectivity index (χ0) is 13.9. The fraction of sp³-hybridized carbons (Fsp3) is 0.167. The van der Waals surface area contributed by atoms with Crippen molar-refractivity contribution in [2.75, 3.05) is 12.3 Å². The summed E-state index contributed by atoms with van der Waals surface area (Å²) in [6.07, 6.45) is 0.648. The minimum Gasteiger partial charge on any atom is -0.399 e. The van der Waals surface area contributed by atoms with E-state index in [1.165, 1.54) is 18.2 Å². The largest absolute Gasteiger partial charge is 0.399 e. The SMILES string of the molecule is Nc1ccc(S(=O)(=O)NCCc2ccsc2)c(Cl)c1. The second-order valence-corrected chi connectivity index (χ2v) is 6.89. The maximum absolute atomic E-state index is 12.1. The molecular formula is C12H13ClN2O2S2. The molecule has 19 heavy (non-hydrogen) atoms. The molecule has 0 amide bonds. The van der Waals surface area contributed by atoms with Crippen LogP contribution in [0.15, 0.2) is 39.9 Å². The Kier molecular flexibility index (Phi) is 4.46. The Balaban J connectivity index is 2.05. The Hall–Kier alpha value is -1.08. The predicted octanol–water partition coefficient (Wildman–Crippen LogP) is 2.50. The molecule has 0 atom stereocenters. The van der Waals surface area contributed by atoms with Crippen LogP contribution >= 0.6 is 22.9 Å². The lowest BCUT2D eigenvalue weighted by atomic mass is 10.2. The molecule has 0 aliphatic carbocycles. The van der Waals surface area contributed by atoms with E-state index in [1.807, 2.05) is 16.8 Å². The summed E-state index contributed by atoms with van der Waals surface area (Å²) in [5, 5.41) is 4.08. The number of anilines is 1. The number of nitrogens with two attached hydrogens (primary N) is 1. The number of benzene rings is 1. The van der Waals surface area contributed by atoms with Crippen LogP contribution in [0.3, 0.4) is 0 Å². The lowest BCUT2D eigenvalue weighted by molar-refractivity contribution is 0.582. The van der Waals surface area contributed by atoms with E-state index in [1.54, 1.807) is 11.3 Å². The summed E-state index contributed by atoms with van der Waals surface area (Å²) in [6.45, 7) is 0.333. The standard InChI is InChI=1S/C12H13ClN2O2S2/c13-11-7-10(14)1-2-12(11)19(16,17)15-5-3-9-4-6-18-8-9/h1-2,4,6-8,15H,3,5,14H2. The highest BCUT2D eigenvalue weighted by Gasteiger charge is 2.17. The zero-order valence-corrected chi connectivity index (χ0v) is 12.4. The number of rotatable bonds is 5. The van der Waals surface area contributed by atoms with Crippen molar-refractivity contribution in [2.45, 2.75) is 11.3 Å². The van der Waals surface area contributed by atoms with Crippen molar-refractivity contribution in [2.24, 2.45) is 0 Å². The summed E-state index contributed by atoms with van der Waals surface area (Å²) in [6, 6.07) is 6.31. The molecule has 0 unspecified atom stereocenters. The van der Waals surface area contributed by atoms with Gasteiger partial charge in [0.25, 0.3) is 0 Å². The lowest BCUT2D eigenvalue weighted by Gasteiger charge is -2.08. The van der Waals surface area contributed by atoms with E-state index >= 15 is 0 Å². The number of nitrogen functional groups attached to an aromatic ring is 1. The quantitative estimate of drug-likeness (QED) is 0.832. The Morgan fingerprint density at radius 3 is 2.74 bits per heavy atom. The molecule has 1 heterocycles. The Bertz CT molecular complexity index is 654. The molecule has 2 aromatic rings. The molecule has 3 N–H and O–H groups in total. The topological polar surface area (TPSA) is 72.2 Å². The van der Waals surface area contributed by atoms with Gasteiger partial charge < -0.3 is 5.73 Å². The van der Waals surface area contributed by atoms with E-state index in [4.69, 9.17) is 17.3 Å². The van der Waals surface area contributed by atoms with Crippen LogP contribution in [0.1, 0.15) is 5.56 Å². The molecule has 0 aliphatic heterocycles. The smallest absolute Gasteiger partial charge is 0.242 e. The number of nitrogens with one attached hydrogen (secondary N) is 1. The first-order chi connectivity index (χ1) is 8.99. The molecule has 1 aromatic heterocycles. The van der Waals surface area contributed by atoms with Crippen LogP contribution in [0, 0.1) is 0 Å². The maximum atomic E-state index is 12.1. The van der Waals surface area contributed by atoms with Gasteiger partial charge in [-0.2, -0.15) is 11.3 Å². The first kappa shape index (κ1) is 14.3. The van der Waals surface area contributed by atoms with Gasteiger partial charge in [0.15, 0.2) is 0 Å². The highest BCUT2D eigenvalue weighted by atomic mass is 35.5. The van der Waals surface area contributed by atoms with Gasteiger partial charge in [0.1, 0.15) is 4.90 Å². The molecule has 0 saturated heterocycles. The molecule has 102 valence electrons. The normalized spacial score (nSPS) is 11.6. The van der Waals surface area contributed by atoms with Crippen molar-refractivity contribution in [3.05, 3.63) is 45.6 Å². The second-order valence-electron chi connectivity index (χ2n) is 3.97. The fourth-order valence-corrected chi connectivity index (χ4v) is 3.86. The zero-order valence-electron chi connectivity index (χ0n) is 9.97. The third-order valence-electron chi connectivity index (χ3n) is 2.53. The average Bonchev–Trinajstić information content (AvgIpc) is 2.81. The number of hydrogen-bond acceptors (Lipinski definition) is 4. The summed E-state index contributed by atoms with van der Waals surface area (Å²) >= 11 is 7.48. The highest BCUT2D eigenvalue weighted by molar-refractivity contribution is 7.89. The van der Waals surface area contributed by atoms with Crippen molar-refractivity contribution in [1.29, 1.82) is 0 Å². The van der Waals surface area contributed by atoms with Crippen LogP contribution in [-0.2, 0) is 16.4 Å². The third kappa shape index (κ3) is 3.70. The summed E-state index contributed by atoms with van der Waals surface area (Å²) < 4.78 is 26.6. The van der Waals surface area contributed by atoms with Crippen molar-refractivity contribution >= 4 is 38.6 Å². The minimum atomic E-state index is -3.60. The van der Waals surface area contributed by atoms with Crippen LogP contribution in [0.4, 0.5) is 5.69 Å². The van der Waals surface area contributed by atoms with E-state index in [2.05, 4.69) is 4.72 Å². The van der Waals surface area contributed by atoms with Gasteiger partial charge >= 0.3 is 0 Å². The summed E-state index contributed by atoms with van der Waals surface area (Å²) in [5.41, 5.74) is 7.08. The van der Waals surface area contributed by atoms with Gasteiger partial charge in [0.2, 0.25) is 10.0 Å². The van der Waals surface area contributed by atoms with Gasteiger partial charge in [-0.05, 0) is 47.0 Å². The van der Waals surface area contributed by atoms with E-state index in [9.17, 15) is 8.42 Å². The van der Waals surface area contributed by atoms with Crippen LogP contribution in [-0.4, -0.2) is 15.0 Å². The molecule has 0 radical (unpaired) electrons. The van der Waals surface area contributed by atoms with E-state index in [0.717, 1.165) is 5.56 Å². The van der Waals surface area contributed by atoms with Crippen LogP contribution in [0.2, 0.25) is 5.02 Å². The van der Waals surface area contributed by atoms with Gasteiger partial charge in [-0.1, -0.05) is 11.6 Å². The summed E-state index contributed by atoms with van der Waals surface area (Å²) in [4.78, 5) is 0.0497. The molecule has 0 spiro atoms.